The lowest BCUT2D eigenvalue weighted by atomic mass is 10.1. The van der Waals surface area contributed by atoms with E-state index < -0.39 is 6.10 Å². The second-order valence-electron chi connectivity index (χ2n) is 6.32. The van der Waals surface area contributed by atoms with Crippen LogP contribution < -0.4 is 24.3 Å². The van der Waals surface area contributed by atoms with Gasteiger partial charge in [0.25, 0.3) is 5.91 Å². The van der Waals surface area contributed by atoms with E-state index in [4.69, 9.17) is 18.9 Å². The molecule has 0 saturated heterocycles. The van der Waals surface area contributed by atoms with Crippen LogP contribution in [0.4, 0.5) is 0 Å². The lowest BCUT2D eigenvalue weighted by Crippen LogP contribution is -2.37. The molecule has 1 aliphatic rings. The summed E-state index contributed by atoms with van der Waals surface area (Å²) in [6.07, 6.45) is -0.846. The van der Waals surface area contributed by atoms with Crippen LogP contribution in [0.5, 0.6) is 23.0 Å². The number of aryl methyl sites for hydroxylation is 2. The zero-order valence-corrected chi connectivity index (χ0v) is 15.4. The van der Waals surface area contributed by atoms with Gasteiger partial charge in [0, 0.05) is 12.6 Å². The molecule has 0 fully saturated rings. The summed E-state index contributed by atoms with van der Waals surface area (Å²) in [5, 5.41) is 12.6. The van der Waals surface area contributed by atoms with Gasteiger partial charge in [0.05, 0.1) is 0 Å². The molecule has 1 amide bonds. The average molecular weight is 373 g/mol. The molecule has 0 saturated carbocycles. The normalized spacial score (nSPS) is 13.1. The number of aliphatic hydroxyl groups excluding tert-OH is 1. The molecule has 2 aromatic carbocycles. The van der Waals surface area contributed by atoms with E-state index in [1.165, 1.54) is 0 Å². The standard InChI is InChI=1S/C20H23NO6/c1-13-3-4-16(7-14(13)2)25-11-20(23)21-9-15(22)10-24-17-5-6-18-19(8-17)27-12-26-18/h3-8,15,22H,9-12H2,1-2H3,(H,21,23). The highest BCUT2D eigenvalue weighted by Gasteiger charge is 2.15. The number of rotatable bonds is 8. The molecule has 1 heterocycles. The maximum atomic E-state index is 11.9. The highest BCUT2D eigenvalue weighted by atomic mass is 16.7. The van der Waals surface area contributed by atoms with E-state index in [0.29, 0.717) is 23.0 Å². The van der Waals surface area contributed by atoms with Gasteiger partial charge >= 0.3 is 0 Å². The molecule has 1 unspecified atom stereocenters. The Balaban J connectivity index is 1.36. The van der Waals surface area contributed by atoms with Crippen LogP contribution in [0.15, 0.2) is 36.4 Å². The van der Waals surface area contributed by atoms with E-state index in [2.05, 4.69) is 5.32 Å². The molecular formula is C20H23NO6. The summed E-state index contributed by atoms with van der Waals surface area (Å²) < 4.78 is 21.5. The molecule has 2 aromatic rings. The van der Waals surface area contributed by atoms with Gasteiger partial charge in [-0.2, -0.15) is 0 Å². The second-order valence-corrected chi connectivity index (χ2v) is 6.32. The Kier molecular flexibility index (Phi) is 6.03. The van der Waals surface area contributed by atoms with Gasteiger partial charge in [-0.1, -0.05) is 6.07 Å². The van der Waals surface area contributed by atoms with Crippen molar-refractivity contribution in [2.45, 2.75) is 20.0 Å². The topological polar surface area (TPSA) is 86.3 Å². The molecule has 27 heavy (non-hydrogen) atoms. The maximum Gasteiger partial charge on any atom is 0.258 e. The van der Waals surface area contributed by atoms with Gasteiger partial charge in [0.1, 0.15) is 24.2 Å². The highest BCUT2D eigenvalue weighted by Crippen LogP contribution is 2.35. The molecule has 3 rings (SSSR count). The molecule has 7 nitrogen and oxygen atoms in total. The van der Waals surface area contributed by atoms with E-state index in [1.807, 2.05) is 32.0 Å². The summed E-state index contributed by atoms with van der Waals surface area (Å²) in [6, 6.07) is 10.8. The van der Waals surface area contributed by atoms with Crippen molar-refractivity contribution in [1.29, 1.82) is 0 Å². The average Bonchev–Trinajstić information content (AvgIpc) is 3.13. The minimum atomic E-state index is -0.846. The lowest BCUT2D eigenvalue weighted by Gasteiger charge is -2.14. The summed E-state index contributed by atoms with van der Waals surface area (Å²) >= 11 is 0. The largest absolute Gasteiger partial charge is 0.491 e. The Labute approximate surface area is 157 Å². The molecule has 7 heteroatoms. The van der Waals surface area contributed by atoms with Crippen LogP contribution in [-0.4, -0.2) is 43.7 Å². The Morgan fingerprint density at radius 2 is 1.81 bits per heavy atom. The molecule has 0 spiro atoms. The summed E-state index contributed by atoms with van der Waals surface area (Å²) in [5.74, 6) is 2.16. The Bertz CT molecular complexity index is 807. The fourth-order valence-corrected chi connectivity index (χ4v) is 2.45. The third-order valence-corrected chi connectivity index (χ3v) is 4.17. The van der Waals surface area contributed by atoms with Crippen LogP contribution in [0.25, 0.3) is 0 Å². The van der Waals surface area contributed by atoms with Gasteiger partial charge in [0.2, 0.25) is 6.79 Å². The highest BCUT2D eigenvalue weighted by molar-refractivity contribution is 5.77. The molecule has 1 atom stereocenters. The maximum absolute atomic E-state index is 11.9. The molecular weight excluding hydrogens is 350 g/mol. The zero-order chi connectivity index (χ0) is 19.2. The first kappa shape index (κ1) is 18.8. The summed E-state index contributed by atoms with van der Waals surface area (Å²) in [4.78, 5) is 11.9. The molecule has 0 radical (unpaired) electrons. The fraction of sp³-hybridized carbons (Fsp3) is 0.350. The van der Waals surface area contributed by atoms with E-state index in [9.17, 15) is 9.90 Å². The van der Waals surface area contributed by atoms with Gasteiger partial charge in [-0.3, -0.25) is 4.79 Å². The van der Waals surface area contributed by atoms with Gasteiger partial charge in [-0.05, 0) is 49.2 Å². The summed E-state index contributed by atoms with van der Waals surface area (Å²) in [7, 11) is 0. The van der Waals surface area contributed by atoms with Gasteiger partial charge < -0.3 is 29.4 Å². The zero-order valence-electron chi connectivity index (χ0n) is 15.4. The number of hydrogen-bond acceptors (Lipinski definition) is 6. The first-order valence-corrected chi connectivity index (χ1v) is 8.68. The van der Waals surface area contributed by atoms with E-state index in [-0.39, 0.29) is 32.5 Å². The third-order valence-electron chi connectivity index (χ3n) is 4.17. The van der Waals surface area contributed by atoms with E-state index >= 15 is 0 Å². The van der Waals surface area contributed by atoms with Crippen molar-refractivity contribution in [2.24, 2.45) is 0 Å². The van der Waals surface area contributed by atoms with Gasteiger partial charge in [-0.15, -0.1) is 0 Å². The number of carbonyl (C=O) groups excluding carboxylic acids is 1. The van der Waals surface area contributed by atoms with Crippen molar-refractivity contribution in [3.63, 3.8) is 0 Å². The van der Waals surface area contributed by atoms with Gasteiger partial charge in [0.15, 0.2) is 18.1 Å². The van der Waals surface area contributed by atoms with Crippen LogP contribution in [0.2, 0.25) is 0 Å². The molecule has 0 aliphatic carbocycles. The van der Waals surface area contributed by atoms with Crippen molar-refractivity contribution in [3.8, 4) is 23.0 Å². The van der Waals surface area contributed by atoms with Crippen molar-refractivity contribution < 1.29 is 28.8 Å². The molecule has 1 aliphatic heterocycles. The molecule has 0 aromatic heterocycles. The van der Waals surface area contributed by atoms with Crippen LogP contribution in [-0.2, 0) is 4.79 Å². The number of nitrogens with one attached hydrogen (secondary N) is 1. The van der Waals surface area contributed by atoms with Crippen LogP contribution in [0, 0.1) is 13.8 Å². The fourth-order valence-electron chi connectivity index (χ4n) is 2.45. The van der Waals surface area contributed by atoms with Crippen LogP contribution in [0.1, 0.15) is 11.1 Å². The number of carbonyl (C=O) groups is 1. The minimum absolute atomic E-state index is 0.0396. The number of amides is 1. The number of ether oxygens (including phenoxy) is 4. The number of fused-ring (bicyclic) bond motifs is 1. The van der Waals surface area contributed by atoms with Crippen LogP contribution >= 0.6 is 0 Å². The smallest absolute Gasteiger partial charge is 0.258 e. The van der Waals surface area contributed by atoms with E-state index in [1.54, 1.807) is 18.2 Å². The summed E-state index contributed by atoms with van der Waals surface area (Å²) in [5.41, 5.74) is 2.27. The molecule has 2 N–H and O–H groups in total. The SMILES string of the molecule is Cc1ccc(OCC(=O)NCC(O)COc2ccc3c(c2)OCO3)cc1C. The van der Waals surface area contributed by atoms with Crippen molar-refractivity contribution >= 4 is 5.91 Å². The first-order valence-electron chi connectivity index (χ1n) is 8.68. The third kappa shape index (κ3) is 5.27. The second kappa shape index (κ2) is 8.64. The van der Waals surface area contributed by atoms with E-state index in [0.717, 1.165) is 11.1 Å². The number of hydrogen-bond donors (Lipinski definition) is 2. The lowest BCUT2D eigenvalue weighted by molar-refractivity contribution is -0.123. The minimum Gasteiger partial charge on any atom is -0.491 e. The first-order chi connectivity index (χ1) is 13.0. The number of aliphatic hydroxyl groups is 1. The van der Waals surface area contributed by atoms with Crippen molar-refractivity contribution in [3.05, 3.63) is 47.5 Å². The van der Waals surface area contributed by atoms with Crippen molar-refractivity contribution in [1.82, 2.24) is 5.32 Å². The van der Waals surface area contributed by atoms with Gasteiger partial charge in [-0.25, -0.2) is 0 Å². The van der Waals surface area contributed by atoms with Crippen LogP contribution in [0.3, 0.4) is 0 Å². The monoisotopic (exact) mass is 373 g/mol. The Morgan fingerprint density at radius 3 is 2.63 bits per heavy atom. The predicted molar refractivity (Wildman–Crippen MR) is 98.5 cm³/mol. The Hall–Kier alpha value is -2.93. The Morgan fingerprint density at radius 1 is 1.07 bits per heavy atom. The molecule has 0 bridgehead atoms. The summed E-state index contributed by atoms with van der Waals surface area (Å²) in [6.45, 7) is 4.19. The predicted octanol–water partition coefficient (Wildman–Crippen LogP) is 1.97. The quantitative estimate of drug-likeness (QED) is 0.736. The van der Waals surface area contributed by atoms with Crippen molar-refractivity contribution in [2.75, 3.05) is 26.6 Å². The number of benzene rings is 2. The molecule has 144 valence electrons.